The van der Waals surface area contributed by atoms with Gasteiger partial charge in [-0.05, 0) is 47.0 Å². The fourth-order valence-electron chi connectivity index (χ4n) is 1.06. The lowest BCUT2D eigenvalue weighted by atomic mass is 10.2. The van der Waals surface area contributed by atoms with Gasteiger partial charge in [0.25, 0.3) is 0 Å². The largest absolute Gasteiger partial charge is 0.378 e. The van der Waals surface area contributed by atoms with Crippen LogP contribution >= 0.6 is 0 Å². The first-order valence-corrected chi connectivity index (χ1v) is 4.67. The molecule has 0 rings (SSSR count). The maximum atomic E-state index is 9.39. The second-order valence-corrected chi connectivity index (χ2v) is 3.40. The number of nitrogens with zero attached hydrogens (tertiary/aromatic N) is 1. The third-order valence-electron chi connectivity index (χ3n) is 1.99. The van der Waals surface area contributed by atoms with Crippen LogP contribution in [0.25, 0.3) is 0 Å². The van der Waals surface area contributed by atoms with E-state index in [1.165, 1.54) is 12.8 Å². The summed E-state index contributed by atoms with van der Waals surface area (Å²) in [6.07, 6.45) is 4.14. The molecule has 0 heterocycles. The molecule has 2 N–H and O–H groups in total. The molecule has 0 aromatic rings. The standard InChI is InChI=1S/C9H22N2O/c1-10-8-6-4-5-7-9(12)11(2)3/h9-10,12H,4-8H2,1-3H3. The molecule has 0 aromatic heterocycles. The zero-order chi connectivity index (χ0) is 9.40. The minimum absolute atomic E-state index is 0.264. The fraction of sp³-hybridized carbons (Fsp3) is 1.00. The van der Waals surface area contributed by atoms with E-state index in [2.05, 4.69) is 5.32 Å². The van der Waals surface area contributed by atoms with Gasteiger partial charge >= 0.3 is 0 Å². The van der Waals surface area contributed by atoms with Crippen LogP contribution in [0, 0.1) is 0 Å². The van der Waals surface area contributed by atoms with E-state index in [0.717, 1.165) is 19.4 Å². The van der Waals surface area contributed by atoms with E-state index in [-0.39, 0.29) is 6.23 Å². The highest BCUT2D eigenvalue weighted by atomic mass is 16.3. The molecule has 0 amide bonds. The summed E-state index contributed by atoms with van der Waals surface area (Å²) < 4.78 is 0. The average Bonchev–Trinajstić information content (AvgIpc) is 2.03. The third-order valence-corrected chi connectivity index (χ3v) is 1.99. The van der Waals surface area contributed by atoms with Crippen molar-refractivity contribution < 1.29 is 5.11 Å². The molecule has 0 saturated carbocycles. The van der Waals surface area contributed by atoms with Crippen LogP contribution in [-0.2, 0) is 0 Å². The van der Waals surface area contributed by atoms with Crippen LogP contribution in [0.2, 0.25) is 0 Å². The molecule has 1 atom stereocenters. The summed E-state index contributed by atoms with van der Waals surface area (Å²) in [6.45, 7) is 1.08. The zero-order valence-electron chi connectivity index (χ0n) is 8.51. The summed E-state index contributed by atoms with van der Waals surface area (Å²) in [4.78, 5) is 1.85. The summed E-state index contributed by atoms with van der Waals surface area (Å²) in [7, 11) is 5.77. The molecule has 0 aliphatic rings. The molecule has 0 aliphatic carbocycles. The van der Waals surface area contributed by atoms with Gasteiger partial charge in [0.2, 0.25) is 0 Å². The van der Waals surface area contributed by atoms with Crippen molar-refractivity contribution in [3.8, 4) is 0 Å². The van der Waals surface area contributed by atoms with Gasteiger partial charge in [0.05, 0.1) is 0 Å². The number of unbranched alkanes of at least 4 members (excludes halogenated alkanes) is 2. The minimum atomic E-state index is -0.264. The molecule has 0 spiro atoms. The van der Waals surface area contributed by atoms with E-state index in [4.69, 9.17) is 0 Å². The number of hydrogen-bond donors (Lipinski definition) is 2. The van der Waals surface area contributed by atoms with Crippen LogP contribution in [0.4, 0.5) is 0 Å². The second-order valence-electron chi connectivity index (χ2n) is 3.40. The van der Waals surface area contributed by atoms with Gasteiger partial charge in [-0.3, -0.25) is 4.90 Å². The Morgan fingerprint density at radius 3 is 2.42 bits per heavy atom. The Morgan fingerprint density at radius 2 is 1.92 bits per heavy atom. The average molecular weight is 174 g/mol. The molecule has 3 nitrogen and oxygen atoms in total. The van der Waals surface area contributed by atoms with Gasteiger partial charge in [-0.15, -0.1) is 0 Å². The van der Waals surface area contributed by atoms with Crippen molar-refractivity contribution in [2.45, 2.75) is 31.9 Å². The summed E-state index contributed by atoms with van der Waals surface area (Å²) in [5.74, 6) is 0. The maximum Gasteiger partial charge on any atom is 0.106 e. The van der Waals surface area contributed by atoms with Crippen LogP contribution in [-0.4, -0.2) is 43.9 Å². The molecule has 12 heavy (non-hydrogen) atoms. The quantitative estimate of drug-likeness (QED) is 0.439. The SMILES string of the molecule is CNCCCCCC(O)N(C)C. The monoisotopic (exact) mass is 174 g/mol. The Kier molecular flexibility index (Phi) is 7.45. The second kappa shape index (κ2) is 7.53. The minimum Gasteiger partial charge on any atom is -0.378 e. The first-order chi connectivity index (χ1) is 5.68. The predicted octanol–water partition coefficient (Wildman–Crippen LogP) is 0.646. The highest BCUT2D eigenvalue weighted by Gasteiger charge is 2.04. The summed E-state index contributed by atoms with van der Waals surface area (Å²) in [6, 6.07) is 0. The van der Waals surface area contributed by atoms with Crippen molar-refractivity contribution in [1.29, 1.82) is 0 Å². The van der Waals surface area contributed by atoms with Gasteiger partial charge in [0.1, 0.15) is 6.23 Å². The maximum absolute atomic E-state index is 9.39. The lowest BCUT2D eigenvalue weighted by molar-refractivity contribution is 0.0313. The van der Waals surface area contributed by atoms with Crippen LogP contribution in [0.1, 0.15) is 25.7 Å². The fourth-order valence-corrected chi connectivity index (χ4v) is 1.06. The smallest absolute Gasteiger partial charge is 0.106 e. The summed E-state index contributed by atoms with van der Waals surface area (Å²) in [5, 5.41) is 12.5. The van der Waals surface area contributed by atoms with Crippen molar-refractivity contribution in [2.75, 3.05) is 27.7 Å². The molecule has 74 valence electrons. The van der Waals surface area contributed by atoms with Gasteiger partial charge in [0.15, 0.2) is 0 Å². The third kappa shape index (κ3) is 6.58. The van der Waals surface area contributed by atoms with Crippen LogP contribution < -0.4 is 5.32 Å². The Labute approximate surface area is 75.8 Å². The van der Waals surface area contributed by atoms with Gasteiger partial charge in [-0.25, -0.2) is 0 Å². The molecule has 0 aliphatic heterocycles. The topological polar surface area (TPSA) is 35.5 Å². The number of nitrogens with one attached hydrogen (secondary N) is 1. The highest BCUT2D eigenvalue weighted by molar-refractivity contribution is 4.52. The molecule has 3 heteroatoms. The van der Waals surface area contributed by atoms with Gasteiger partial charge in [-0.2, -0.15) is 0 Å². The number of hydrogen-bond acceptors (Lipinski definition) is 3. The van der Waals surface area contributed by atoms with Crippen LogP contribution in [0.15, 0.2) is 0 Å². The molecule has 1 unspecified atom stereocenters. The zero-order valence-corrected chi connectivity index (χ0v) is 8.51. The van der Waals surface area contributed by atoms with E-state index < -0.39 is 0 Å². The molecular formula is C9H22N2O. The molecule has 0 aromatic carbocycles. The van der Waals surface area contributed by atoms with E-state index in [1.54, 1.807) is 0 Å². The summed E-state index contributed by atoms with van der Waals surface area (Å²) in [5.41, 5.74) is 0. The van der Waals surface area contributed by atoms with Crippen LogP contribution in [0.5, 0.6) is 0 Å². The van der Waals surface area contributed by atoms with Crippen molar-refractivity contribution in [2.24, 2.45) is 0 Å². The lowest BCUT2D eigenvalue weighted by Gasteiger charge is -2.17. The first-order valence-electron chi connectivity index (χ1n) is 4.67. The van der Waals surface area contributed by atoms with Crippen LogP contribution in [0.3, 0.4) is 0 Å². The lowest BCUT2D eigenvalue weighted by Crippen LogP contribution is -2.27. The van der Waals surface area contributed by atoms with Crippen molar-refractivity contribution in [3.05, 3.63) is 0 Å². The van der Waals surface area contributed by atoms with E-state index in [1.807, 2.05) is 26.0 Å². The highest BCUT2D eigenvalue weighted by Crippen LogP contribution is 2.04. The number of aliphatic hydroxyl groups excluding tert-OH is 1. The molecular weight excluding hydrogens is 152 g/mol. The number of aliphatic hydroxyl groups is 1. The van der Waals surface area contributed by atoms with Gasteiger partial charge < -0.3 is 10.4 Å². The van der Waals surface area contributed by atoms with E-state index in [9.17, 15) is 5.11 Å². The van der Waals surface area contributed by atoms with Gasteiger partial charge in [0, 0.05) is 0 Å². The van der Waals surface area contributed by atoms with E-state index >= 15 is 0 Å². The Bertz CT molecular complexity index is 96.5. The summed E-state index contributed by atoms with van der Waals surface area (Å²) >= 11 is 0. The molecule has 0 saturated heterocycles. The van der Waals surface area contributed by atoms with E-state index in [0.29, 0.717) is 0 Å². The Morgan fingerprint density at radius 1 is 1.25 bits per heavy atom. The van der Waals surface area contributed by atoms with Gasteiger partial charge in [-0.1, -0.05) is 6.42 Å². The molecule has 0 radical (unpaired) electrons. The molecule has 0 bridgehead atoms. The predicted molar refractivity (Wildman–Crippen MR) is 52.1 cm³/mol. The molecule has 0 fully saturated rings. The Balaban J connectivity index is 3.08. The van der Waals surface area contributed by atoms with Crippen molar-refractivity contribution in [1.82, 2.24) is 10.2 Å². The Hall–Kier alpha value is -0.120. The van der Waals surface area contributed by atoms with Crippen molar-refractivity contribution >= 4 is 0 Å². The first kappa shape index (κ1) is 11.9. The normalized spacial score (nSPS) is 13.8. The number of rotatable bonds is 7. The van der Waals surface area contributed by atoms with Crippen molar-refractivity contribution in [3.63, 3.8) is 0 Å².